The van der Waals surface area contributed by atoms with E-state index in [0.717, 1.165) is 26.1 Å². The summed E-state index contributed by atoms with van der Waals surface area (Å²) in [4.78, 5) is 17.8. The van der Waals surface area contributed by atoms with Crippen LogP contribution in [0, 0.1) is 0 Å². The monoisotopic (exact) mass is 267 g/mol. The molecule has 1 amide bonds. The van der Waals surface area contributed by atoms with Gasteiger partial charge >= 0.3 is 0 Å². The Morgan fingerprint density at radius 2 is 2.33 bits per heavy atom. The number of nitrogens with one attached hydrogen (secondary N) is 1. The Balaban J connectivity index is 2.14. The Morgan fingerprint density at radius 1 is 1.56 bits per heavy atom. The largest absolute Gasteiger partial charge is 0.339 e. The highest BCUT2D eigenvalue weighted by Crippen LogP contribution is 2.29. The van der Waals surface area contributed by atoms with Crippen LogP contribution in [-0.4, -0.2) is 56.5 Å². The number of amides is 1. The maximum absolute atomic E-state index is 12.5. The van der Waals surface area contributed by atoms with E-state index < -0.39 is 0 Å². The first-order chi connectivity index (χ1) is 8.63. The van der Waals surface area contributed by atoms with Crippen molar-refractivity contribution in [1.82, 2.24) is 15.1 Å². The van der Waals surface area contributed by atoms with Crippen LogP contribution < -0.4 is 5.32 Å². The molecule has 4 nitrogen and oxygen atoms in total. The Hall–Kier alpha value is -0.910. The first kappa shape index (κ1) is 13.5. The number of fused-ring (bicyclic) bond motifs is 1. The Bertz CT molecular complexity index is 416. The number of carbonyl (C=O) groups excluding carboxylic acids is 1. The topological polar surface area (TPSA) is 35.6 Å². The summed E-state index contributed by atoms with van der Waals surface area (Å²) in [6.07, 6.45) is 0.968. The fraction of sp³-hybridized carbons (Fsp3) is 0.615. The number of nitrogens with zero attached hydrogens (tertiary/aromatic N) is 2. The van der Waals surface area contributed by atoms with E-state index in [1.165, 1.54) is 10.4 Å². The molecule has 18 heavy (non-hydrogen) atoms. The lowest BCUT2D eigenvalue weighted by molar-refractivity contribution is -0.133. The summed E-state index contributed by atoms with van der Waals surface area (Å²) in [5.41, 5.74) is 1.32. The molecule has 0 bridgehead atoms. The van der Waals surface area contributed by atoms with Gasteiger partial charge in [-0.1, -0.05) is 0 Å². The van der Waals surface area contributed by atoms with Crippen LogP contribution in [0.25, 0.3) is 0 Å². The van der Waals surface area contributed by atoms with E-state index in [2.05, 4.69) is 21.7 Å². The zero-order valence-electron chi connectivity index (χ0n) is 11.3. The summed E-state index contributed by atoms with van der Waals surface area (Å²) in [6.45, 7) is 2.55. The molecule has 0 spiro atoms. The van der Waals surface area contributed by atoms with Crippen molar-refractivity contribution in [3.63, 3.8) is 0 Å². The molecule has 2 rings (SSSR count). The summed E-state index contributed by atoms with van der Waals surface area (Å²) in [5, 5.41) is 5.24. The van der Waals surface area contributed by atoms with E-state index >= 15 is 0 Å². The SMILES string of the molecule is CNC1C(=O)N(CCN(C)C)CCc2ccsc21. The highest BCUT2D eigenvalue weighted by atomic mass is 32.1. The number of carbonyl (C=O) groups is 1. The fourth-order valence-corrected chi connectivity index (χ4v) is 3.32. The van der Waals surface area contributed by atoms with E-state index in [0.29, 0.717) is 0 Å². The van der Waals surface area contributed by atoms with Crippen molar-refractivity contribution in [3.8, 4) is 0 Å². The molecule has 0 aromatic carbocycles. The highest BCUT2D eigenvalue weighted by Gasteiger charge is 2.30. The van der Waals surface area contributed by atoms with Crippen LogP contribution in [0.5, 0.6) is 0 Å². The number of likely N-dealkylation sites (N-methyl/N-ethyl adjacent to an activating group) is 2. The molecule has 1 N–H and O–H groups in total. The average Bonchev–Trinajstić information content (AvgIpc) is 2.73. The lowest BCUT2D eigenvalue weighted by Gasteiger charge is -2.25. The van der Waals surface area contributed by atoms with Gasteiger partial charge in [0.1, 0.15) is 6.04 Å². The molecule has 1 unspecified atom stereocenters. The second kappa shape index (κ2) is 5.82. The predicted molar refractivity (Wildman–Crippen MR) is 75.0 cm³/mol. The number of hydrogen-bond acceptors (Lipinski definition) is 4. The van der Waals surface area contributed by atoms with Gasteiger partial charge in [0.15, 0.2) is 0 Å². The second-order valence-corrected chi connectivity index (χ2v) is 5.86. The maximum Gasteiger partial charge on any atom is 0.245 e. The summed E-state index contributed by atoms with van der Waals surface area (Å²) in [7, 11) is 5.94. The molecule has 1 atom stereocenters. The average molecular weight is 267 g/mol. The molecule has 1 aliphatic heterocycles. The minimum atomic E-state index is -0.162. The van der Waals surface area contributed by atoms with Crippen LogP contribution in [0.3, 0.4) is 0 Å². The third kappa shape index (κ3) is 2.74. The van der Waals surface area contributed by atoms with Crippen molar-refractivity contribution in [2.45, 2.75) is 12.5 Å². The van der Waals surface area contributed by atoms with Crippen LogP contribution >= 0.6 is 11.3 Å². The van der Waals surface area contributed by atoms with Crippen LogP contribution in [0.1, 0.15) is 16.5 Å². The van der Waals surface area contributed by atoms with Gasteiger partial charge in [0.25, 0.3) is 0 Å². The van der Waals surface area contributed by atoms with Crippen molar-refractivity contribution < 1.29 is 4.79 Å². The molecule has 5 heteroatoms. The van der Waals surface area contributed by atoms with Crippen LogP contribution in [0.2, 0.25) is 0 Å². The Kier molecular flexibility index (Phi) is 4.37. The number of hydrogen-bond donors (Lipinski definition) is 1. The minimum absolute atomic E-state index is 0.162. The van der Waals surface area contributed by atoms with Crippen LogP contribution in [0.4, 0.5) is 0 Å². The van der Waals surface area contributed by atoms with Gasteiger partial charge in [0.05, 0.1) is 0 Å². The number of rotatable bonds is 4. The van der Waals surface area contributed by atoms with E-state index in [1.807, 2.05) is 26.0 Å². The number of thiophene rings is 1. The van der Waals surface area contributed by atoms with Crippen LogP contribution in [0.15, 0.2) is 11.4 Å². The minimum Gasteiger partial charge on any atom is -0.339 e. The van der Waals surface area contributed by atoms with Crippen molar-refractivity contribution >= 4 is 17.2 Å². The molecule has 1 aromatic heterocycles. The first-order valence-electron chi connectivity index (χ1n) is 6.30. The van der Waals surface area contributed by atoms with Crippen molar-refractivity contribution in [1.29, 1.82) is 0 Å². The van der Waals surface area contributed by atoms with E-state index in [9.17, 15) is 4.79 Å². The molecule has 1 aromatic rings. The smallest absolute Gasteiger partial charge is 0.245 e. The lowest BCUT2D eigenvalue weighted by Crippen LogP contribution is -2.42. The molecular weight excluding hydrogens is 246 g/mol. The van der Waals surface area contributed by atoms with Crippen molar-refractivity contribution in [2.24, 2.45) is 0 Å². The molecule has 0 saturated carbocycles. The van der Waals surface area contributed by atoms with Gasteiger partial charge in [-0.2, -0.15) is 0 Å². The van der Waals surface area contributed by atoms with E-state index in [-0.39, 0.29) is 11.9 Å². The molecular formula is C13H21N3OS. The molecule has 1 aliphatic rings. The lowest BCUT2D eigenvalue weighted by atomic mass is 10.1. The fourth-order valence-electron chi connectivity index (χ4n) is 2.26. The van der Waals surface area contributed by atoms with E-state index in [1.54, 1.807) is 11.3 Å². The Labute approximate surface area is 113 Å². The van der Waals surface area contributed by atoms with Gasteiger partial charge in [-0.05, 0) is 44.6 Å². The second-order valence-electron chi connectivity index (χ2n) is 4.91. The van der Waals surface area contributed by atoms with Gasteiger partial charge < -0.3 is 15.1 Å². The third-order valence-electron chi connectivity index (χ3n) is 3.36. The predicted octanol–water partition coefficient (Wildman–Crippen LogP) is 0.955. The molecule has 100 valence electrons. The summed E-state index contributed by atoms with van der Waals surface area (Å²) >= 11 is 1.68. The molecule has 2 heterocycles. The zero-order valence-corrected chi connectivity index (χ0v) is 12.1. The first-order valence-corrected chi connectivity index (χ1v) is 7.18. The third-order valence-corrected chi connectivity index (χ3v) is 4.38. The van der Waals surface area contributed by atoms with Crippen molar-refractivity contribution in [2.75, 3.05) is 40.8 Å². The summed E-state index contributed by atoms with van der Waals surface area (Å²) in [5.74, 6) is 0.209. The molecule has 0 saturated heterocycles. The quantitative estimate of drug-likeness (QED) is 0.882. The molecule has 0 aliphatic carbocycles. The molecule has 0 fully saturated rings. The van der Waals surface area contributed by atoms with Crippen LogP contribution in [-0.2, 0) is 11.2 Å². The highest BCUT2D eigenvalue weighted by molar-refractivity contribution is 7.10. The molecule has 0 radical (unpaired) electrons. The van der Waals surface area contributed by atoms with Gasteiger partial charge in [-0.3, -0.25) is 4.79 Å². The van der Waals surface area contributed by atoms with E-state index in [4.69, 9.17) is 0 Å². The summed E-state index contributed by atoms with van der Waals surface area (Å²) < 4.78 is 0. The van der Waals surface area contributed by atoms with Crippen molar-refractivity contribution in [3.05, 3.63) is 21.9 Å². The maximum atomic E-state index is 12.5. The zero-order chi connectivity index (χ0) is 13.1. The summed E-state index contributed by atoms with van der Waals surface area (Å²) in [6, 6.07) is 1.98. The van der Waals surface area contributed by atoms with Gasteiger partial charge in [-0.25, -0.2) is 0 Å². The van der Waals surface area contributed by atoms with Gasteiger partial charge in [0.2, 0.25) is 5.91 Å². The Morgan fingerprint density at radius 3 is 3.00 bits per heavy atom. The van der Waals surface area contributed by atoms with Gasteiger partial charge in [-0.15, -0.1) is 11.3 Å². The standard InChI is InChI=1S/C13H21N3OS/c1-14-11-12-10(5-9-18-12)4-6-16(13(11)17)8-7-15(2)3/h5,9,11,14H,4,6-8H2,1-3H3. The normalized spacial score (nSPS) is 20.1. The van der Waals surface area contributed by atoms with Gasteiger partial charge in [0, 0.05) is 24.5 Å².